The predicted molar refractivity (Wildman–Crippen MR) is 74.1 cm³/mol. The van der Waals surface area contributed by atoms with E-state index < -0.39 is 0 Å². The number of nitro benzene ring substituents is 1. The summed E-state index contributed by atoms with van der Waals surface area (Å²) in [5.74, 6) is 0. The molecule has 0 aliphatic carbocycles. The molecule has 0 atom stereocenters. The summed E-state index contributed by atoms with van der Waals surface area (Å²) in [5, 5.41) is 13.9. The zero-order valence-electron chi connectivity index (χ0n) is 10.9. The van der Waals surface area contributed by atoms with Crippen molar-refractivity contribution in [3.63, 3.8) is 0 Å². The van der Waals surface area contributed by atoms with E-state index in [1.807, 2.05) is 32.0 Å². The molecule has 0 bridgehead atoms. The number of nitrogens with one attached hydrogen (secondary N) is 1. The van der Waals surface area contributed by atoms with Crippen LogP contribution in [0.3, 0.4) is 0 Å². The monoisotopic (exact) mass is 257 g/mol. The van der Waals surface area contributed by atoms with E-state index in [9.17, 15) is 10.1 Å². The summed E-state index contributed by atoms with van der Waals surface area (Å²) < 4.78 is 0. The van der Waals surface area contributed by atoms with Crippen molar-refractivity contribution in [2.75, 3.05) is 5.32 Å². The van der Waals surface area contributed by atoms with Gasteiger partial charge < -0.3 is 5.32 Å². The van der Waals surface area contributed by atoms with Crippen LogP contribution in [0.5, 0.6) is 0 Å². The number of rotatable bonds is 4. The Kier molecular flexibility index (Phi) is 3.75. The molecule has 0 aliphatic rings. The number of nitrogens with zero attached hydrogens (tertiary/aromatic N) is 2. The number of hydrogen-bond donors (Lipinski definition) is 1. The molecule has 0 radical (unpaired) electrons. The first kappa shape index (κ1) is 13.0. The molecular formula is C14H15N3O2. The predicted octanol–water partition coefficient (Wildman–Crippen LogP) is 3.22. The van der Waals surface area contributed by atoms with Gasteiger partial charge in [-0.1, -0.05) is 12.1 Å². The smallest absolute Gasteiger partial charge is 0.269 e. The van der Waals surface area contributed by atoms with Gasteiger partial charge in [0.25, 0.3) is 5.69 Å². The highest BCUT2D eigenvalue weighted by Crippen LogP contribution is 2.17. The van der Waals surface area contributed by atoms with Crippen molar-refractivity contribution in [2.45, 2.75) is 20.4 Å². The molecule has 1 aromatic carbocycles. The minimum absolute atomic E-state index is 0.109. The second-order valence-electron chi connectivity index (χ2n) is 4.37. The molecule has 0 aliphatic heterocycles. The van der Waals surface area contributed by atoms with Crippen LogP contribution in [0.25, 0.3) is 0 Å². The van der Waals surface area contributed by atoms with Crippen LogP contribution in [-0.2, 0) is 6.54 Å². The zero-order chi connectivity index (χ0) is 13.8. The molecule has 5 nitrogen and oxygen atoms in total. The molecule has 0 saturated heterocycles. The maximum absolute atomic E-state index is 10.7. The van der Waals surface area contributed by atoms with Gasteiger partial charge in [-0.2, -0.15) is 0 Å². The SMILES string of the molecule is Cc1ccc(NCc2cccc([N+](=O)[O-])c2)c(C)n1. The van der Waals surface area contributed by atoms with Crippen LogP contribution >= 0.6 is 0 Å². The van der Waals surface area contributed by atoms with Crippen LogP contribution in [0.2, 0.25) is 0 Å². The molecule has 1 aromatic heterocycles. The minimum Gasteiger partial charge on any atom is -0.379 e. The van der Waals surface area contributed by atoms with E-state index >= 15 is 0 Å². The lowest BCUT2D eigenvalue weighted by atomic mass is 10.2. The van der Waals surface area contributed by atoms with E-state index in [0.29, 0.717) is 6.54 Å². The quantitative estimate of drug-likeness (QED) is 0.674. The number of aryl methyl sites for hydroxylation is 2. The van der Waals surface area contributed by atoms with Crippen molar-refractivity contribution < 1.29 is 4.92 Å². The van der Waals surface area contributed by atoms with Gasteiger partial charge in [-0.3, -0.25) is 15.1 Å². The van der Waals surface area contributed by atoms with Crippen molar-refractivity contribution in [1.29, 1.82) is 0 Å². The van der Waals surface area contributed by atoms with Gasteiger partial charge in [0.2, 0.25) is 0 Å². The standard InChI is InChI=1S/C14H15N3O2/c1-10-6-7-14(11(2)16-10)15-9-12-4-3-5-13(8-12)17(18)19/h3-8,15H,9H2,1-2H3. The third kappa shape index (κ3) is 3.28. The Bertz CT molecular complexity index is 611. The fourth-order valence-electron chi connectivity index (χ4n) is 1.85. The van der Waals surface area contributed by atoms with Crippen LogP contribution in [0, 0.1) is 24.0 Å². The van der Waals surface area contributed by atoms with Gasteiger partial charge >= 0.3 is 0 Å². The number of hydrogen-bond acceptors (Lipinski definition) is 4. The largest absolute Gasteiger partial charge is 0.379 e. The van der Waals surface area contributed by atoms with E-state index in [2.05, 4.69) is 10.3 Å². The van der Waals surface area contributed by atoms with Crippen LogP contribution in [0.15, 0.2) is 36.4 Å². The number of pyridine rings is 1. The molecule has 0 fully saturated rings. The molecule has 1 heterocycles. The van der Waals surface area contributed by atoms with Crippen LogP contribution in [-0.4, -0.2) is 9.91 Å². The average molecular weight is 257 g/mol. The second-order valence-corrected chi connectivity index (χ2v) is 4.37. The Labute approximate surface area is 111 Å². The molecule has 98 valence electrons. The Morgan fingerprint density at radius 2 is 2.05 bits per heavy atom. The number of benzene rings is 1. The molecule has 0 spiro atoms. The molecule has 19 heavy (non-hydrogen) atoms. The average Bonchev–Trinajstić information content (AvgIpc) is 2.38. The fraction of sp³-hybridized carbons (Fsp3) is 0.214. The van der Waals surface area contributed by atoms with Crippen molar-refractivity contribution >= 4 is 11.4 Å². The van der Waals surface area contributed by atoms with E-state index in [1.165, 1.54) is 6.07 Å². The van der Waals surface area contributed by atoms with Crippen LogP contribution in [0.1, 0.15) is 17.0 Å². The van der Waals surface area contributed by atoms with E-state index in [1.54, 1.807) is 12.1 Å². The Morgan fingerprint density at radius 1 is 1.26 bits per heavy atom. The highest BCUT2D eigenvalue weighted by atomic mass is 16.6. The lowest BCUT2D eigenvalue weighted by molar-refractivity contribution is -0.384. The summed E-state index contributed by atoms with van der Waals surface area (Å²) in [6.45, 7) is 4.41. The lowest BCUT2D eigenvalue weighted by Gasteiger charge is -2.09. The van der Waals surface area contributed by atoms with E-state index in [4.69, 9.17) is 0 Å². The van der Waals surface area contributed by atoms with Crippen LogP contribution in [0.4, 0.5) is 11.4 Å². The van der Waals surface area contributed by atoms with Crippen molar-refractivity contribution in [1.82, 2.24) is 4.98 Å². The summed E-state index contributed by atoms with van der Waals surface area (Å²) in [4.78, 5) is 14.7. The lowest BCUT2D eigenvalue weighted by Crippen LogP contribution is -2.03. The third-order valence-corrected chi connectivity index (χ3v) is 2.83. The first-order valence-corrected chi connectivity index (χ1v) is 5.98. The maximum atomic E-state index is 10.7. The van der Waals surface area contributed by atoms with Gasteiger partial charge in [0.15, 0.2) is 0 Å². The molecule has 0 unspecified atom stereocenters. The van der Waals surface area contributed by atoms with Gasteiger partial charge in [-0.15, -0.1) is 0 Å². The van der Waals surface area contributed by atoms with Gasteiger partial charge in [0.05, 0.1) is 16.3 Å². The number of anilines is 1. The number of non-ortho nitro benzene ring substituents is 1. The topological polar surface area (TPSA) is 68.1 Å². The highest BCUT2D eigenvalue weighted by molar-refractivity contribution is 5.48. The minimum atomic E-state index is -0.387. The normalized spacial score (nSPS) is 10.2. The molecule has 2 rings (SSSR count). The van der Waals surface area contributed by atoms with Crippen LogP contribution < -0.4 is 5.32 Å². The summed E-state index contributed by atoms with van der Waals surface area (Å²) in [5.41, 5.74) is 3.81. The molecule has 0 amide bonds. The van der Waals surface area contributed by atoms with Gasteiger partial charge in [0.1, 0.15) is 0 Å². The second kappa shape index (κ2) is 5.48. The summed E-state index contributed by atoms with van der Waals surface area (Å²) in [7, 11) is 0. The van der Waals surface area contributed by atoms with Gasteiger partial charge in [0, 0.05) is 24.4 Å². The summed E-state index contributed by atoms with van der Waals surface area (Å²) in [6.07, 6.45) is 0. The maximum Gasteiger partial charge on any atom is 0.269 e. The number of aromatic nitrogens is 1. The van der Waals surface area contributed by atoms with Crippen molar-refractivity contribution in [3.05, 3.63) is 63.5 Å². The first-order valence-electron chi connectivity index (χ1n) is 5.98. The third-order valence-electron chi connectivity index (χ3n) is 2.83. The number of nitro groups is 1. The molecule has 0 saturated carbocycles. The molecular weight excluding hydrogens is 242 g/mol. The molecule has 2 aromatic rings. The zero-order valence-corrected chi connectivity index (χ0v) is 10.9. The Hall–Kier alpha value is -2.43. The van der Waals surface area contributed by atoms with E-state index in [-0.39, 0.29) is 10.6 Å². The summed E-state index contributed by atoms with van der Waals surface area (Å²) in [6, 6.07) is 10.5. The van der Waals surface area contributed by atoms with Crippen molar-refractivity contribution in [2.24, 2.45) is 0 Å². The van der Waals surface area contributed by atoms with Gasteiger partial charge in [-0.25, -0.2) is 0 Å². The van der Waals surface area contributed by atoms with E-state index in [0.717, 1.165) is 22.6 Å². The fourth-order valence-corrected chi connectivity index (χ4v) is 1.85. The molecule has 1 N–H and O–H groups in total. The first-order chi connectivity index (χ1) is 9.06. The highest BCUT2D eigenvalue weighted by Gasteiger charge is 2.06. The Morgan fingerprint density at radius 3 is 2.74 bits per heavy atom. The Balaban J connectivity index is 2.10. The molecule has 5 heteroatoms. The van der Waals surface area contributed by atoms with Gasteiger partial charge in [-0.05, 0) is 31.5 Å². The van der Waals surface area contributed by atoms with Crippen molar-refractivity contribution in [3.8, 4) is 0 Å². The summed E-state index contributed by atoms with van der Waals surface area (Å²) >= 11 is 0.